The molecule has 2 aliphatic rings. The molecule has 76 valence electrons. The minimum absolute atomic E-state index is 0.115. The van der Waals surface area contributed by atoms with Crippen molar-refractivity contribution < 1.29 is 8.78 Å². The average Bonchev–Trinajstić information content (AvgIpc) is 1.95. The average molecular weight is 189 g/mol. The van der Waals surface area contributed by atoms with Gasteiger partial charge in [0, 0.05) is 19.4 Å². The third-order valence-electron chi connectivity index (χ3n) is 3.21. The molecule has 3 heteroatoms. The van der Waals surface area contributed by atoms with Crippen molar-refractivity contribution in [1.82, 2.24) is 4.90 Å². The van der Waals surface area contributed by atoms with E-state index in [1.54, 1.807) is 0 Å². The highest BCUT2D eigenvalue weighted by molar-refractivity contribution is 4.82. The van der Waals surface area contributed by atoms with Gasteiger partial charge in [-0.3, -0.25) is 0 Å². The van der Waals surface area contributed by atoms with Gasteiger partial charge in [-0.05, 0) is 38.3 Å². The van der Waals surface area contributed by atoms with Crippen LogP contribution in [-0.4, -0.2) is 30.5 Å². The Balaban J connectivity index is 1.78. The van der Waals surface area contributed by atoms with Crippen LogP contribution in [-0.2, 0) is 0 Å². The van der Waals surface area contributed by atoms with Gasteiger partial charge in [-0.2, -0.15) is 0 Å². The van der Waals surface area contributed by atoms with Crippen molar-refractivity contribution in [2.24, 2.45) is 5.92 Å². The maximum atomic E-state index is 13.0. The van der Waals surface area contributed by atoms with E-state index in [2.05, 4.69) is 4.90 Å². The van der Waals surface area contributed by atoms with E-state index >= 15 is 0 Å². The third kappa shape index (κ3) is 2.39. The molecule has 0 aromatic carbocycles. The SMILES string of the molecule is FC1(F)CCCC(CN2CCC2)C1. The zero-order valence-corrected chi connectivity index (χ0v) is 7.94. The molecule has 1 unspecified atom stereocenters. The molecular formula is C10H17F2N. The molecule has 1 aliphatic heterocycles. The maximum Gasteiger partial charge on any atom is 0.248 e. The molecule has 2 rings (SSSR count). The first-order chi connectivity index (χ1) is 6.16. The number of hydrogen-bond donors (Lipinski definition) is 0. The van der Waals surface area contributed by atoms with Gasteiger partial charge in [0.15, 0.2) is 0 Å². The lowest BCUT2D eigenvalue weighted by Gasteiger charge is -2.37. The molecule has 0 aromatic heterocycles. The Morgan fingerprint density at radius 3 is 2.54 bits per heavy atom. The number of nitrogens with zero attached hydrogens (tertiary/aromatic N) is 1. The zero-order chi connectivity index (χ0) is 9.31. The number of likely N-dealkylation sites (tertiary alicyclic amines) is 1. The molecule has 1 aliphatic carbocycles. The van der Waals surface area contributed by atoms with Crippen molar-refractivity contribution >= 4 is 0 Å². The second-order valence-corrected chi connectivity index (χ2v) is 4.47. The largest absolute Gasteiger partial charge is 0.303 e. The van der Waals surface area contributed by atoms with E-state index in [4.69, 9.17) is 0 Å². The zero-order valence-electron chi connectivity index (χ0n) is 7.94. The van der Waals surface area contributed by atoms with E-state index in [0.29, 0.717) is 6.42 Å². The maximum absolute atomic E-state index is 13.0. The molecule has 0 spiro atoms. The van der Waals surface area contributed by atoms with Crippen molar-refractivity contribution in [3.05, 3.63) is 0 Å². The van der Waals surface area contributed by atoms with E-state index in [1.165, 1.54) is 6.42 Å². The first kappa shape index (κ1) is 9.38. The lowest BCUT2D eigenvalue weighted by molar-refractivity contribution is -0.0593. The standard InChI is InChI=1S/C10H17F2N/c11-10(12)4-1-3-9(7-10)8-13-5-2-6-13/h9H,1-8H2. The Labute approximate surface area is 78.1 Å². The lowest BCUT2D eigenvalue weighted by atomic mass is 9.86. The summed E-state index contributed by atoms with van der Waals surface area (Å²) in [7, 11) is 0. The number of halogens is 2. The van der Waals surface area contributed by atoms with E-state index in [1.807, 2.05) is 0 Å². The van der Waals surface area contributed by atoms with Crippen LogP contribution < -0.4 is 0 Å². The van der Waals surface area contributed by atoms with Crippen molar-refractivity contribution in [2.45, 2.75) is 38.0 Å². The fourth-order valence-electron chi connectivity index (χ4n) is 2.36. The summed E-state index contributed by atoms with van der Waals surface area (Å²) < 4.78 is 26.0. The first-order valence-electron chi connectivity index (χ1n) is 5.26. The van der Waals surface area contributed by atoms with Crippen LogP contribution in [0.2, 0.25) is 0 Å². The molecule has 0 bridgehead atoms. The third-order valence-corrected chi connectivity index (χ3v) is 3.21. The van der Waals surface area contributed by atoms with E-state index in [0.717, 1.165) is 26.1 Å². The van der Waals surface area contributed by atoms with Crippen LogP contribution in [0.1, 0.15) is 32.1 Å². The summed E-state index contributed by atoms with van der Waals surface area (Å²) in [6, 6.07) is 0. The summed E-state index contributed by atoms with van der Waals surface area (Å²) in [6.07, 6.45) is 3.22. The summed E-state index contributed by atoms with van der Waals surface area (Å²) in [5.41, 5.74) is 0. The molecule has 0 radical (unpaired) electrons. The summed E-state index contributed by atoms with van der Waals surface area (Å²) in [6.45, 7) is 3.17. The molecule has 1 heterocycles. The Morgan fingerprint density at radius 2 is 2.00 bits per heavy atom. The van der Waals surface area contributed by atoms with E-state index < -0.39 is 5.92 Å². The molecule has 13 heavy (non-hydrogen) atoms. The fourth-order valence-corrected chi connectivity index (χ4v) is 2.36. The highest BCUT2D eigenvalue weighted by atomic mass is 19.3. The van der Waals surface area contributed by atoms with E-state index in [-0.39, 0.29) is 18.8 Å². The molecule has 0 N–H and O–H groups in total. The van der Waals surface area contributed by atoms with Gasteiger partial charge in [0.1, 0.15) is 0 Å². The van der Waals surface area contributed by atoms with Gasteiger partial charge in [0.25, 0.3) is 0 Å². The van der Waals surface area contributed by atoms with Crippen LogP contribution >= 0.6 is 0 Å². The summed E-state index contributed by atoms with van der Waals surface area (Å²) in [5, 5.41) is 0. The van der Waals surface area contributed by atoms with Gasteiger partial charge in [-0.25, -0.2) is 8.78 Å². The van der Waals surface area contributed by atoms with Gasteiger partial charge in [0.05, 0.1) is 0 Å². The molecule has 1 saturated heterocycles. The van der Waals surface area contributed by atoms with Crippen LogP contribution in [0.3, 0.4) is 0 Å². The topological polar surface area (TPSA) is 3.24 Å². The van der Waals surface area contributed by atoms with Crippen LogP contribution in [0.4, 0.5) is 8.78 Å². The van der Waals surface area contributed by atoms with Crippen LogP contribution in [0, 0.1) is 5.92 Å². The summed E-state index contributed by atoms with van der Waals surface area (Å²) in [4.78, 5) is 2.30. The van der Waals surface area contributed by atoms with E-state index in [9.17, 15) is 8.78 Å². The smallest absolute Gasteiger partial charge is 0.248 e. The van der Waals surface area contributed by atoms with Crippen molar-refractivity contribution in [1.29, 1.82) is 0 Å². The van der Waals surface area contributed by atoms with Crippen molar-refractivity contribution in [3.8, 4) is 0 Å². The highest BCUT2D eigenvalue weighted by Gasteiger charge is 2.37. The van der Waals surface area contributed by atoms with Crippen molar-refractivity contribution in [3.63, 3.8) is 0 Å². The molecule has 2 fully saturated rings. The second kappa shape index (κ2) is 3.52. The van der Waals surface area contributed by atoms with Gasteiger partial charge < -0.3 is 4.90 Å². The van der Waals surface area contributed by atoms with Gasteiger partial charge in [-0.15, -0.1) is 0 Å². The van der Waals surface area contributed by atoms with Gasteiger partial charge in [-0.1, -0.05) is 0 Å². The summed E-state index contributed by atoms with van der Waals surface area (Å²) in [5.74, 6) is -2.11. The monoisotopic (exact) mass is 189 g/mol. The van der Waals surface area contributed by atoms with Crippen LogP contribution in [0.15, 0.2) is 0 Å². The Hall–Kier alpha value is -0.180. The van der Waals surface area contributed by atoms with Gasteiger partial charge >= 0.3 is 0 Å². The van der Waals surface area contributed by atoms with Crippen LogP contribution in [0.5, 0.6) is 0 Å². The molecule has 1 saturated carbocycles. The summed E-state index contributed by atoms with van der Waals surface area (Å²) >= 11 is 0. The Kier molecular flexibility index (Phi) is 2.54. The quantitative estimate of drug-likeness (QED) is 0.645. The Bertz CT molecular complexity index is 178. The van der Waals surface area contributed by atoms with Crippen LogP contribution in [0.25, 0.3) is 0 Å². The number of rotatable bonds is 2. The van der Waals surface area contributed by atoms with Crippen molar-refractivity contribution in [2.75, 3.05) is 19.6 Å². The molecule has 1 atom stereocenters. The van der Waals surface area contributed by atoms with Gasteiger partial charge in [0.2, 0.25) is 5.92 Å². The molecule has 1 nitrogen and oxygen atoms in total. The fraction of sp³-hybridized carbons (Fsp3) is 1.00. The predicted octanol–water partition coefficient (Wildman–Crippen LogP) is 2.52. The predicted molar refractivity (Wildman–Crippen MR) is 48.0 cm³/mol. The molecular weight excluding hydrogens is 172 g/mol. The minimum atomic E-state index is -2.37. The number of alkyl halides is 2. The Morgan fingerprint density at radius 1 is 1.23 bits per heavy atom. The first-order valence-corrected chi connectivity index (χ1v) is 5.26. The normalized spacial score (nSPS) is 34.2. The number of hydrogen-bond acceptors (Lipinski definition) is 1. The lowest BCUT2D eigenvalue weighted by Crippen LogP contribution is -2.42. The molecule has 0 aromatic rings. The highest BCUT2D eigenvalue weighted by Crippen LogP contribution is 2.37. The minimum Gasteiger partial charge on any atom is -0.303 e. The molecule has 0 amide bonds. The second-order valence-electron chi connectivity index (χ2n) is 4.47.